The number of benzene rings is 3. The zero-order valence-corrected chi connectivity index (χ0v) is 15.5. The summed E-state index contributed by atoms with van der Waals surface area (Å²) < 4.78 is 1.83. The molecule has 0 saturated heterocycles. The Morgan fingerprint density at radius 3 is 2.41 bits per heavy atom. The molecular weight excluding hydrogens is 364 g/mol. The third-order valence-electron chi connectivity index (χ3n) is 5.36. The lowest BCUT2D eigenvalue weighted by atomic mass is 10.0. The van der Waals surface area contributed by atoms with E-state index >= 15 is 0 Å². The van der Waals surface area contributed by atoms with E-state index in [2.05, 4.69) is 4.99 Å². The fraction of sp³-hybridized carbons (Fsp3) is 0.0833. The first-order valence-corrected chi connectivity index (χ1v) is 9.44. The quantitative estimate of drug-likeness (QED) is 0.570. The van der Waals surface area contributed by atoms with Gasteiger partial charge in [-0.1, -0.05) is 48.5 Å². The summed E-state index contributed by atoms with van der Waals surface area (Å²) in [6.45, 7) is 0.539. The topological polar surface area (TPSA) is 74.8 Å². The van der Waals surface area contributed by atoms with Gasteiger partial charge in [0.15, 0.2) is 5.88 Å². The molecular formula is C24H18N2O3. The highest BCUT2D eigenvalue weighted by Crippen LogP contribution is 2.36. The van der Waals surface area contributed by atoms with Crippen LogP contribution in [0.5, 0.6) is 11.6 Å². The summed E-state index contributed by atoms with van der Waals surface area (Å²) in [5.41, 5.74) is 2.89. The average Bonchev–Trinajstić information content (AvgIpc) is 3.20. The minimum atomic E-state index is -0.331. The number of aryl methyl sites for hydroxylation is 2. The van der Waals surface area contributed by atoms with Crippen molar-refractivity contribution in [3.63, 3.8) is 0 Å². The second-order valence-electron chi connectivity index (χ2n) is 7.09. The molecule has 3 aromatic carbocycles. The lowest BCUT2D eigenvalue weighted by Gasteiger charge is -2.08. The van der Waals surface area contributed by atoms with Crippen molar-refractivity contribution in [2.45, 2.75) is 13.0 Å². The van der Waals surface area contributed by atoms with Gasteiger partial charge in [0.25, 0.3) is 5.91 Å². The van der Waals surface area contributed by atoms with Crippen molar-refractivity contribution in [2.75, 3.05) is 0 Å². The molecule has 0 atom stereocenters. The van der Waals surface area contributed by atoms with E-state index in [0.717, 1.165) is 21.7 Å². The molecule has 1 amide bonds. The molecule has 1 aliphatic heterocycles. The predicted octanol–water partition coefficient (Wildman–Crippen LogP) is 2.65. The summed E-state index contributed by atoms with van der Waals surface area (Å²) in [6, 6.07) is 22.1. The van der Waals surface area contributed by atoms with Gasteiger partial charge in [-0.3, -0.25) is 4.79 Å². The Balaban J connectivity index is 1.67. The first-order chi connectivity index (χ1) is 14.1. The van der Waals surface area contributed by atoms with Crippen molar-refractivity contribution in [1.82, 2.24) is 4.57 Å². The maximum absolute atomic E-state index is 12.7. The Hall–Kier alpha value is -3.86. The van der Waals surface area contributed by atoms with E-state index in [0.29, 0.717) is 29.5 Å². The zero-order valence-electron chi connectivity index (χ0n) is 15.5. The summed E-state index contributed by atoms with van der Waals surface area (Å²) in [4.78, 5) is 16.8. The second-order valence-corrected chi connectivity index (χ2v) is 7.09. The standard InChI is InChI=1S/C24H18N2O3/c27-16-11-9-15(10-12-16)13-14-26-20-8-4-2-6-18(20)22(24(26)29)21-17-5-1-3-7-19(17)25-23(21)28/h1-12,27,29H,13-14H2. The fourth-order valence-corrected chi connectivity index (χ4v) is 3.97. The molecule has 1 aromatic heterocycles. The van der Waals surface area contributed by atoms with Crippen LogP contribution in [0.1, 0.15) is 11.1 Å². The van der Waals surface area contributed by atoms with E-state index < -0.39 is 0 Å². The van der Waals surface area contributed by atoms with Crippen LogP contribution >= 0.6 is 0 Å². The monoisotopic (exact) mass is 382 g/mol. The summed E-state index contributed by atoms with van der Waals surface area (Å²) >= 11 is 0. The third kappa shape index (κ3) is 2.79. The minimum absolute atomic E-state index is 0.0697. The van der Waals surface area contributed by atoms with E-state index in [1.807, 2.05) is 59.2 Å². The average molecular weight is 382 g/mol. The van der Waals surface area contributed by atoms with Crippen molar-refractivity contribution in [2.24, 2.45) is 4.99 Å². The van der Waals surface area contributed by atoms with Crippen molar-refractivity contribution >= 4 is 22.4 Å². The molecule has 5 heteroatoms. The molecule has 5 rings (SSSR count). The first-order valence-electron chi connectivity index (χ1n) is 9.44. The maximum Gasteiger partial charge on any atom is 0.279 e. The number of rotatable bonds is 4. The van der Waals surface area contributed by atoms with E-state index in [4.69, 9.17) is 0 Å². The maximum atomic E-state index is 12.7. The lowest BCUT2D eigenvalue weighted by Crippen LogP contribution is -2.22. The van der Waals surface area contributed by atoms with E-state index in [-0.39, 0.29) is 17.5 Å². The number of fused-ring (bicyclic) bond motifs is 2. The molecule has 0 bridgehead atoms. The number of phenols is 1. The van der Waals surface area contributed by atoms with Crippen LogP contribution < -0.4 is 10.6 Å². The number of hydrogen-bond acceptors (Lipinski definition) is 3. The van der Waals surface area contributed by atoms with Crippen molar-refractivity contribution in [1.29, 1.82) is 0 Å². The van der Waals surface area contributed by atoms with Crippen LogP contribution in [0, 0.1) is 0 Å². The Bertz CT molecular complexity index is 1380. The number of nitrogens with zero attached hydrogens (tertiary/aromatic N) is 2. The van der Waals surface area contributed by atoms with Gasteiger partial charge in [-0.2, -0.15) is 0 Å². The molecule has 0 radical (unpaired) electrons. The molecule has 0 unspecified atom stereocenters. The van der Waals surface area contributed by atoms with Crippen LogP contribution in [0.4, 0.5) is 0 Å². The first kappa shape index (κ1) is 17.3. The van der Waals surface area contributed by atoms with Crippen LogP contribution in [-0.4, -0.2) is 20.7 Å². The molecule has 2 heterocycles. The Labute approximate surface area is 166 Å². The minimum Gasteiger partial charge on any atom is -0.508 e. The van der Waals surface area contributed by atoms with Crippen LogP contribution in [0.25, 0.3) is 16.5 Å². The second kappa shape index (κ2) is 6.63. The van der Waals surface area contributed by atoms with E-state index in [9.17, 15) is 15.0 Å². The zero-order chi connectivity index (χ0) is 20.0. The Morgan fingerprint density at radius 1 is 0.862 bits per heavy atom. The van der Waals surface area contributed by atoms with Gasteiger partial charge >= 0.3 is 0 Å². The Morgan fingerprint density at radius 2 is 1.59 bits per heavy atom. The van der Waals surface area contributed by atoms with Gasteiger partial charge in [0.05, 0.1) is 22.0 Å². The molecule has 0 aliphatic carbocycles. The van der Waals surface area contributed by atoms with Crippen molar-refractivity contribution in [3.05, 3.63) is 94.5 Å². The smallest absolute Gasteiger partial charge is 0.279 e. The van der Waals surface area contributed by atoms with Gasteiger partial charge < -0.3 is 14.8 Å². The number of amides is 1. The molecule has 2 N–H and O–H groups in total. The molecule has 29 heavy (non-hydrogen) atoms. The number of phenolic OH excluding ortho intramolecular Hbond substituents is 1. The number of aromatic nitrogens is 1. The van der Waals surface area contributed by atoms with Gasteiger partial charge in [0.2, 0.25) is 0 Å². The number of aromatic hydroxyl groups is 2. The predicted molar refractivity (Wildman–Crippen MR) is 110 cm³/mol. The Kier molecular flexibility index (Phi) is 3.95. The van der Waals surface area contributed by atoms with Crippen molar-refractivity contribution < 1.29 is 15.0 Å². The van der Waals surface area contributed by atoms with Gasteiger partial charge in [-0.05, 0) is 36.2 Å². The molecule has 4 aromatic rings. The SMILES string of the molecule is O=C1N=c2ccccc2=C1c1c(O)n(CCc2ccc(O)cc2)c2ccccc12. The van der Waals surface area contributed by atoms with Gasteiger partial charge in [-0.25, -0.2) is 4.99 Å². The van der Waals surface area contributed by atoms with E-state index in [1.54, 1.807) is 18.2 Å². The van der Waals surface area contributed by atoms with Crippen LogP contribution in [-0.2, 0) is 17.8 Å². The van der Waals surface area contributed by atoms with Crippen LogP contribution in [0.2, 0.25) is 0 Å². The highest BCUT2D eigenvalue weighted by molar-refractivity contribution is 6.24. The molecule has 0 saturated carbocycles. The number of hydrogen-bond donors (Lipinski definition) is 2. The fourth-order valence-electron chi connectivity index (χ4n) is 3.97. The summed E-state index contributed by atoms with van der Waals surface area (Å²) in [5.74, 6) is -0.0352. The van der Waals surface area contributed by atoms with Crippen LogP contribution in [0.15, 0.2) is 77.8 Å². The molecule has 5 nitrogen and oxygen atoms in total. The largest absolute Gasteiger partial charge is 0.508 e. The molecule has 0 spiro atoms. The number of carbonyl (C=O) groups excluding carboxylic acids is 1. The molecule has 0 fully saturated rings. The normalized spacial score (nSPS) is 13.0. The van der Waals surface area contributed by atoms with Gasteiger partial charge in [-0.15, -0.1) is 0 Å². The van der Waals surface area contributed by atoms with E-state index in [1.165, 1.54) is 0 Å². The summed E-state index contributed by atoms with van der Waals surface area (Å²) in [5, 5.41) is 22.8. The summed E-state index contributed by atoms with van der Waals surface area (Å²) in [6.07, 6.45) is 0.677. The van der Waals surface area contributed by atoms with Gasteiger partial charge in [0.1, 0.15) is 5.75 Å². The lowest BCUT2D eigenvalue weighted by molar-refractivity contribution is -0.112. The molecule has 1 aliphatic rings. The highest BCUT2D eigenvalue weighted by Gasteiger charge is 2.26. The summed E-state index contributed by atoms with van der Waals surface area (Å²) in [7, 11) is 0. The number of para-hydroxylation sites is 2. The van der Waals surface area contributed by atoms with Crippen molar-refractivity contribution in [3.8, 4) is 11.6 Å². The van der Waals surface area contributed by atoms with Gasteiger partial charge in [0, 0.05) is 17.1 Å². The van der Waals surface area contributed by atoms with Crippen LogP contribution in [0.3, 0.4) is 0 Å². The highest BCUT2D eigenvalue weighted by atomic mass is 16.3. The third-order valence-corrected chi connectivity index (χ3v) is 5.36. The molecule has 142 valence electrons. The number of carbonyl (C=O) groups is 1.